The number of carbonyl (C=O) groups excluding carboxylic acids is 3. The van der Waals surface area contributed by atoms with Crippen LogP contribution in [0.4, 0.5) is 4.79 Å². The van der Waals surface area contributed by atoms with Crippen LogP contribution in [0.15, 0.2) is 11.3 Å². The number of ketones is 2. The molecule has 1 aliphatic rings. The molecule has 0 atom stereocenters. The Balaban J connectivity index is 2.95. The molecule has 1 N–H and O–H groups in total. The number of rotatable bonds is 4. The zero-order chi connectivity index (χ0) is 17.1. The van der Waals surface area contributed by atoms with Crippen LogP contribution in [0.25, 0.3) is 0 Å². The normalized spacial score (nSPS) is 15.9. The maximum absolute atomic E-state index is 12.2. The van der Waals surface area contributed by atoms with Crippen LogP contribution in [0.2, 0.25) is 0 Å². The summed E-state index contributed by atoms with van der Waals surface area (Å²) in [5.41, 5.74) is 2.94. The number of nitrogens with one attached hydrogen (secondary N) is 1. The first-order valence-electron chi connectivity index (χ1n) is 7.57. The van der Waals surface area contributed by atoms with Crippen molar-refractivity contribution >= 4 is 17.7 Å². The lowest BCUT2D eigenvalue weighted by molar-refractivity contribution is -0.123. The summed E-state index contributed by atoms with van der Waals surface area (Å²) in [6.45, 7) is 8.83. The number of amides is 1. The first-order valence-corrected chi connectivity index (χ1v) is 7.57. The number of hydrogen-bond donors (Lipinski definition) is 1. The lowest BCUT2D eigenvalue weighted by Gasteiger charge is -2.28. The first-order chi connectivity index (χ1) is 10.0. The van der Waals surface area contributed by atoms with E-state index in [0.717, 1.165) is 0 Å². The fourth-order valence-electron chi connectivity index (χ4n) is 2.11. The predicted molar refractivity (Wildman–Crippen MR) is 82.9 cm³/mol. The van der Waals surface area contributed by atoms with E-state index in [1.807, 2.05) is 0 Å². The minimum atomic E-state index is -0.611. The van der Waals surface area contributed by atoms with Crippen molar-refractivity contribution in [1.82, 2.24) is 10.4 Å². The number of ether oxygens (including phenoxy) is 1. The highest BCUT2D eigenvalue weighted by atomic mass is 16.6. The molecule has 0 radical (unpaired) electrons. The van der Waals surface area contributed by atoms with E-state index in [2.05, 4.69) is 5.43 Å². The fourth-order valence-corrected chi connectivity index (χ4v) is 2.11. The van der Waals surface area contributed by atoms with Crippen molar-refractivity contribution in [3.8, 4) is 0 Å². The van der Waals surface area contributed by atoms with Crippen LogP contribution in [-0.2, 0) is 14.3 Å². The summed E-state index contributed by atoms with van der Waals surface area (Å²) in [4.78, 5) is 36.3. The van der Waals surface area contributed by atoms with Gasteiger partial charge in [-0.05, 0) is 33.6 Å². The highest BCUT2D eigenvalue weighted by molar-refractivity contribution is 6.21. The van der Waals surface area contributed by atoms with Gasteiger partial charge in [-0.3, -0.25) is 15.0 Å². The number of hydrazine groups is 1. The van der Waals surface area contributed by atoms with Crippen molar-refractivity contribution in [3.63, 3.8) is 0 Å². The molecule has 6 heteroatoms. The van der Waals surface area contributed by atoms with Crippen LogP contribution in [0.3, 0.4) is 0 Å². The van der Waals surface area contributed by atoms with Gasteiger partial charge in [0.05, 0.1) is 5.57 Å². The van der Waals surface area contributed by atoms with Gasteiger partial charge in [0.2, 0.25) is 0 Å². The van der Waals surface area contributed by atoms with Gasteiger partial charge >= 0.3 is 6.09 Å². The second kappa shape index (κ2) is 6.94. The molecule has 0 bridgehead atoms. The van der Waals surface area contributed by atoms with Crippen molar-refractivity contribution in [2.24, 2.45) is 5.92 Å². The third kappa shape index (κ3) is 4.86. The number of hydrogen-bond acceptors (Lipinski definition) is 5. The molecule has 0 saturated carbocycles. The van der Waals surface area contributed by atoms with Crippen LogP contribution >= 0.6 is 0 Å². The van der Waals surface area contributed by atoms with E-state index >= 15 is 0 Å². The molecule has 22 heavy (non-hydrogen) atoms. The van der Waals surface area contributed by atoms with E-state index in [4.69, 9.17) is 4.74 Å². The van der Waals surface area contributed by atoms with Crippen molar-refractivity contribution in [3.05, 3.63) is 11.3 Å². The average Bonchev–Trinajstić information content (AvgIpc) is 2.36. The summed E-state index contributed by atoms with van der Waals surface area (Å²) in [5, 5.41) is 1.17. The molecule has 124 valence electrons. The van der Waals surface area contributed by atoms with E-state index in [-0.39, 0.29) is 23.1 Å². The summed E-state index contributed by atoms with van der Waals surface area (Å²) < 4.78 is 5.24. The van der Waals surface area contributed by atoms with Crippen molar-refractivity contribution in [1.29, 1.82) is 0 Å². The number of Topliss-reactive ketones (excluding diaryl/α,β-unsaturated/α-hetero) is 2. The molecule has 6 nitrogen and oxygen atoms in total. The van der Waals surface area contributed by atoms with Gasteiger partial charge in [-0.2, -0.15) is 0 Å². The van der Waals surface area contributed by atoms with Gasteiger partial charge in [0.25, 0.3) is 0 Å². The maximum Gasteiger partial charge on any atom is 0.428 e. The van der Waals surface area contributed by atoms with Crippen LogP contribution in [0.5, 0.6) is 0 Å². The molecule has 0 fully saturated rings. The predicted octanol–water partition coefficient (Wildman–Crippen LogP) is 2.59. The fraction of sp³-hybridized carbons (Fsp3) is 0.688. The second-order valence-electron chi connectivity index (χ2n) is 6.80. The van der Waals surface area contributed by atoms with Gasteiger partial charge in [0.15, 0.2) is 11.6 Å². The molecule has 0 aliphatic heterocycles. The average molecular weight is 310 g/mol. The zero-order valence-corrected chi connectivity index (χ0v) is 14.3. The van der Waals surface area contributed by atoms with Gasteiger partial charge in [-0.15, -0.1) is 0 Å². The highest BCUT2D eigenvalue weighted by Crippen LogP contribution is 2.23. The summed E-state index contributed by atoms with van der Waals surface area (Å²) in [5.74, 6) is -0.615. The SMILES string of the molecule is CC(C)C(=O)C1=C(NN(C)C(=O)OC(C)(C)C)CCCC1=O. The summed E-state index contributed by atoms with van der Waals surface area (Å²) in [6, 6.07) is 0. The Hall–Kier alpha value is -1.85. The lowest BCUT2D eigenvalue weighted by atomic mass is 9.88. The monoisotopic (exact) mass is 310 g/mol. The standard InChI is InChI=1S/C16H26N2O4/c1-10(2)14(20)13-11(8-7-9-12(13)19)17-18(6)15(21)22-16(3,4)5/h10,17H,7-9H2,1-6H3. The molecule has 0 spiro atoms. The van der Waals surface area contributed by atoms with Crippen LogP contribution in [0.1, 0.15) is 53.9 Å². The number of allylic oxidation sites excluding steroid dienone is 2. The van der Waals surface area contributed by atoms with E-state index in [1.165, 1.54) is 12.1 Å². The molecule has 1 amide bonds. The van der Waals surface area contributed by atoms with Gasteiger partial charge in [0, 0.05) is 25.1 Å². The largest absolute Gasteiger partial charge is 0.442 e. The van der Waals surface area contributed by atoms with Crippen LogP contribution < -0.4 is 5.43 Å². The highest BCUT2D eigenvalue weighted by Gasteiger charge is 2.29. The van der Waals surface area contributed by atoms with Gasteiger partial charge in [0.1, 0.15) is 5.60 Å². The Labute approximate surface area is 131 Å². The Kier molecular flexibility index (Phi) is 5.74. The third-order valence-corrected chi connectivity index (χ3v) is 3.15. The molecule has 0 aromatic rings. The molecular formula is C16H26N2O4. The first kappa shape index (κ1) is 18.2. The van der Waals surface area contributed by atoms with Crippen molar-refractivity contribution in [2.75, 3.05) is 7.05 Å². The molecule has 1 aliphatic carbocycles. The van der Waals surface area contributed by atoms with Gasteiger partial charge in [-0.25, -0.2) is 9.80 Å². The molecule has 0 heterocycles. The van der Waals surface area contributed by atoms with E-state index in [0.29, 0.717) is 25.0 Å². The second-order valence-corrected chi connectivity index (χ2v) is 6.80. The van der Waals surface area contributed by atoms with E-state index in [1.54, 1.807) is 34.6 Å². The minimum absolute atomic E-state index is 0.162. The topological polar surface area (TPSA) is 75.7 Å². The lowest BCUT2D eigenvalue weighted by Crippen LogP contribution is -2.44. The minimum Gasteiger partial charge on any atom is -0.442 e. The van der Waals surface area contributed by atoms with Gasteiger partial charge < -0.3 is 4.74 Å². The maximum atomic E-state index is 12.2. The smallest absolute Gasteiger partial charge is 0.428 e. The van der Waals surface area contributed by atoms with Gasteiger partial charge in [-0.1, -0.05) is 13.8 Å². The Morgan fingerprint density at radius 2 is 1.82 bits per heavy atom. The van der Waals surface area contributed by atoms with E-state index in [9.17, 15) is 14.4 Å². The van der Waals surface area contributed by atoms with Crippen molar-refractivity contribution in [2.45, 2.75) is 59.5 Å². The van der Waals surface area contributed by atoms with Crippen LogP contribution in [0, 0.1) is 5.92 Å². The summed E-state index contributed by atoms with van der Waals surface area (Å²) >= 11 is 0. The zero-order valence-electron chi connectivity index (χ0n) is 14.3. The number of nitrogens with zero attached hydrogens (tertiary/aromatic N) is 1. The Bertz CT molecular complexity index is 501. The van der Waals surface area contributed by atoms with E-state index < -0.39 is 11.7 Å². The quantitative estimate of drug-likeness (QED) is 0.638. The summed E-state index contributed by atoms with van der Waals surface area (Å²) in [7, 11) is 1.51. The summed E-state index contributed by atoms with van der Waals surface area (Å²) in [6.07, 6.45) is 1.04. The Morgan fingerprint density at radius 3 is 2.32 bits per heavy atom. The Morgan fingerprint density at radius 1 is 1.23 bits per heavy atom. The molecule has 0 unspecified atom stereocenters. The molecule has 0 aromatic carbocycles. The third-order valence-electron chi connectivity index (χ3n) is 3.15. The number of carbonyl (C=O) groups is 3. The molecule has 1 rings (SSSR count). The van der Waals surface area contributed by atoms with Crippen molar-refractivity contribution < 1.29 is 19.1 Å². The van der Waals surface area contributed by atoms with Crippen LogP contribution in [-0.4, -0.2) is 35.3 Å². The molecular weight excluding hydrogens is 284 g/mol. The molecule has 0 aromatic heterocycles. The molecule has 0 saturated heterocycles.